The Labute approximate surface area is 117 Å². The van der Waals surface area contributed by atoms with Gasteiger partial charge < -0.3 is 15.2 Å². The van der Waals surface area contributed by atoms with E-state index in [4.69, 9.17) is 4.74 Å². The Kier molecular flexibility index (Phi) is 4.20. The number of ether oxygens (including phenoxy) is 1. The van der Waals surface area contributed by atoms with E-state index in [2.05, 4.69) is 10.3 Å². The second-order valence-corrected chi connectivity index (χ2v) is 4.37. The third-order valence-corrected chi connectivity index (χ3v) is 3.07. The van der Waals surface area contributed by atoms with Crippen molar-refractivity contribution >= 4 is 11.7 Å². The van der Waals surface area contributed by atoms with Crippen molar-refractivity contribution in [2.75, 3.05) is 12.4 Å². The van der Waals surface area contributed by atoms with Crippen molar-refractivity contribution in [1.29, 1.82) is 0 Å². The largest absolute Gasteiger partial charge is 0.497 e. The molecule has 1 aromatic heterocycles. The Morgan fingerprint density at radius 3 is 2.85 bits per heavy atom. The number of pyridine rings is 1. The molecule has 0 aliphatic rings. The van der Waals surface area contributed by atoms with E-state index in [0.717, 1.165) is 11.1 Å². The summed E-state index contributed by atoms with van der Waals surface area (Å²) in [4.78, 5) is 15.3. The average Bonchev–Trinajstić information content (AvgIpc) is 2.46. The maximum atomic E-state index is 11.2. The van der Waals surface area contributed by atoms with Gasteiger partial charge in [-0.05, 0) is 36.2 Å². The minimum absolute atomic E-state index is 0.215. The Hall–Kier alpha value is -2.56. The summed E-state index contributed by atoms with van der Waals surface area (Å²) in [6.45, 7) is 2.50. The van der Waals surface area contributed by atoms with Gasteiger partial charge in [-0.15, -0.1) is 0 Å². The number of hydrogen-bond acceptors (Lipinski definition) is 4. The molecule has 0 amide bonds. The Balaban J connectivity index is 2.24. The SMILES string of the molecule is COc1ccc(C(=O)O)c(NCc2cnccc2C)c1. The zero-order valence-electron chi connectivity index (χ0n) is 11.4. The Bertz CT molecular complexity index is 626. The first-order chi connectivity index (χ1) is 9.61. The van der Waals surface area contributed by atoms with Gasteiger partial charge >= 0.3 is 5.97 Å². The first-order valence-electron chi connectivity index (χ1n) is 6.16. The van der Waals surface area contributed by atoms with E-state index in [1.807, 2.05) is 13.0 Å². The maximum Gasteiger partial charge on any atom is 0.337 e. The van der Waals surface area contributed by atoms with Crippen molar-refractivity contribution in [3.63, 3.8) is 0 Å². The number of anilines is 1. The predicted octanol–water partition coefficient (Wildman–Crippen LogP) is 2.71. The summed E-state index contributed by atoms with van der Waals surface area (Å²) in [7, 11) is 1.55. The molecule has 5 heteroatoms. The first-order valence-corrected chi connectivity index (χ1v) is 6.16. The molecule has 0 fully saturated rings. The third kappa shape index (κ3) is 3.06. The summed E-state index contributed by atoms with van der Waals surface area (Å²) >= 11 is 0. The van der Waals surface area contributed by atoms with Crippen LogP contribution in [0.15, 0.2) is 36.7 Å². The van der Waals surface area contributed by atoms with E-state index in [1.165, 1.54) is 6.07 Å². The molecule has 0 atom stereocenters. The van der Waals surface area contributed by atoms with Crippen molar-refractivity contribution in [2.45, 2.75) is 13.5 Å². The monoisotopic (exact) mass is 272 g/mol. The second kappa shape index (κ2) is 6.06. The van der Waals surface area contributed by atoms with Crippen LogP contribution in [0.5, 0.6) is 5.75 Å². The number of rotatable bonds is 5. The molecular weight excluding hydrogens is 256 g/mol. The molecule has 20 heavy (non-hydrogen) atoms. The molecule has 0 saturated carbocycles. The quantitative estimate of drug-likeness (QED) is 0.875. The third-order valence-electron chi connectivity index (χ3n) is 3.07. The van der Waals surface area contributed by atoms with Crippen molar-refractivity contribution in [1.82, 2.24) is 4.98 Å². The van der Waals surface area contributed by atoms with Crippen LogP contribution in [0.1, 0.15) is 21.5 Å². The van der Waals surface area contributed by atoms with Crippen LogP contribution >= 0.6 is 0 Å². The van der Waals surface area contributed by atoms with E-state index in [1.54, 1.807) is 31.6 Å². The van der Waals surface area contributed by atoms with Crippen molar-refractivity contribution in [2.24, 2.45) is 0 Å². The highest BCUT2D eigenvalue weighted by atomic mass is 16.5. The number of carboxylic acid groups (broad SMARTS) is 1. The van der Waals surface area contributed by atoms with Crippen LogP contribution in [0.25, 0.3) is 0 Å². The molecule has 5 nitrogen and oxygen atoms in total. The van der Waals surface area contributed by atoms with E-state index in [0.29, 0.717) is 18.0 Å². The van der Waals surface area contributed by atoms with Gasteiger partial charge in [0.15, 0.2) is 0 Å². The van der Waals surface area contributed by atoms with Crippen LogP contribution in [-0.4, -0.2) is 23.2 Å². The number of benzene rings is 1. The number of carbonyl (C=O) groups is 1. The van der Waals surface area contributed by atoms with Gasteiger partial charge in [0.1, 0.15) is 5.75 Å². The maximum absolute atomic E-state index is 11.2. The lowest BCUT2D eigenvalue weighted by atomic mass is 10.1. The summed E-state index contributed by atoms with van der Waals surface area (Å²) in [6, 6.07) is 6.75. The topological polar surface area (TPSA) is 71.5 Å². The number of aromatic carboxylic acids is 1. The van der Waals surface area contributed by atoms with Gasteiger partial charge in [-0.3, -0.25) is 4.98 Å². The van der Waals surface area contributed by atoms with Gasteiger partial charge in [-0.2, -0.15) is 0 Å². The number of methoxy groups -OCH3 is 1. The highest BCUT2D eigenvalue weighted by molar-refractivity contribution is 5.94. The van der Waals surface area contributed by atoms with E-state index in [9.17, 15) is 9.90 Å². The van der Waals surface area contributed by atoms with E-state index < -0.39 is 5.97 Å². The molecule has 1 heterocycles. The summed E-state index contributed by atoms with van der Waals surface area (Å²) in [5, 5.41) is 12.3. The number of carboxylic acids is 1. The smallest absolute Gasteiger partial charge is 0.337 e. The number of hydrogen-bond donors (Lipinski definition) is 2. The number of nitrogens with zero attached hydrogens (tertiary/aromatic N) is 1. The second-order valence-electron chi connectivity index (χ2n) is 4.37. The normalized spacial score (nSPS) is 10.1. The van der Waals surface area contributed by atoms with Gasteiger partial charge in [0, 0.05) is 25.0 Å². The number of aryl methyl sites for hydroxylation is 1. The molecule has 0 unspecified atom stereocenters. The van der Waals surface area contributed by atoms with Crippen LogP contribution in [0.4, 0.5) is 5.69 Å². The van der Waals surface area contributed by atoms with Crippen LogP contribution in [0, 0.1) is 6.92 Å². The molecule has 2 rings (SSSR count). The van der Waals surface area contributed by atoms with Crippen molar-refractivity contribution in [3.8, 4) is 5.75 Å². The van der Waals surface area contributed by atoms with Crippen molar-refractivity contribution < 1.29 is 14.6 Å². The summed E-state index contributed by atoms with van der Waals surface area (Å²) < 4.78 is 5.12. The fourth-order valence-corrected chi connectivity index (χ4v) is 1.86. The summed E-state index contributed by atoms with van der Waals surface area (Å²) in [5.41, 5.74) is 2.87. The molecular formula is C15H16N2O3. The number of aromatic nitrogens is 1. The fourth-order valence-electron chi connectivity index (χ4n) is 1.86. The van der Waals surface area contributed by atoms with Gasteiger partial charge in [-0.1, -0.05) is 0 Å². The molecule has 0 radical (unpaired) electrons. The van der Waals surface area contributed by atoms with Crippen LogP contribution in [-0.2, 0) is 6.54 Å². The Morgan fingerprint density at radius 1 is 1.40 bits per heavy atom. The number of nitrogens with one attached hydrogen (secondary N) is 1. The van der Waals surface area contributed by atoms with E-state index >= 15 is 0 Å². The predicted molar refractivity (Wildman–Crippen MR) is 76.3 cm³/mol. The van der Waals surface area contributed by atoms with Gasteiger partial charge in [-0.25, -0.2) is 4.79 Å². The van der Waals surface area contributed by atoms with Crippen LogP contribution in [0.3, 0.4) is 0 Å². The fraction of sp³-hybridized carbons (Fsp3) is 0.200. The van der Waals surface area contributed by atoms with Gasteiger partial charge in [0.25, 0.3) is 0 Å². The average molecular weight is 272 g/mol. The lowest BCUT2D eigenvalue weighted by molar-refractivity contribution is 0.0698. The van der Waals surface area contributed by atoms with Crippen molar-refractivity contribution in [3.05, 3.63) is 53.3 Å². The molecule has 0 aliphatic carbocycles. The molecule has 0 spiro atoms. The molecule has 2 N–H and O–H groups in total. The molecule has 0 aliphatic heterocycles. The van der Waals surface area contributed by atoms with Gasteiger partial charge in [0.05, 0.1) is 18.4 Å². The highest BCUT2D eigenvalue weighted by Crippen LogP contribution is 2.23. The first kappa shape index (κ1) is 13.9. The molecule has 104 valence electrons. The Morgan fingerprint density at radius 2 is 2.20 bits per heavy atom. The zero-order chi connectivity index (χ0) is 14.5. The van der Waals surface area contributed by atoms with E-state index in [-0.39, 0.29) is 5.56 Å². The molecule has 2 aromatic rings. The highest BCUT2D eigenvalue weighted by Gasteiger charge is 2.11. The van der Waals surface area contributed by atoms with Gasteiger partial charge in [0.2, 0.25) is 0 Å². The minimum atomic E-state index is -0.974. The molecule has 0 bridgehead atoms. The molecule has 1 aromatic carbocycles. The minimum Gasteiger partial charge on any atom is -0.497 e. The standard InChI is InChI=1S/C15H16N2O3/c1-10-5-6-16-8-11(10)9-17-14-7-12(20-2)3-4-13(14)15(18)19/h3-8,17H,9H2,1-2H3,(H,18,19). The lowest BCUT2D eigenvalue weighted by Crippen LogP contribution is -2.07. The summed E-state index contributed by atoms with van der Waals surface area (Å²) in [6.07, 6.45) is 3.50. The van der Waals surface area contributed by atoms with Crippen LogP contribution in [0.2, 0.25) is 0 Å². The summed E-state index contributed by atoms with van der Waals surface area (Å²) in [5.74, 6) is -0.363. The zero-order valence-corrected chi connectivity index (χ0v) is 11.4. The lowest BCUT2D eigenvalue weighted by Gasteiger charge is -2.12. The van der Waals surface area contributed by atoms with Crippen LogP contribution < -0.4 is 10.1 Å². The molecule has 0 saturated heterocycles.